The predicted molar refractivity (Wildman–Crippen MR) is 92.8 cm³/mol. The maximum absolute atomic E-state index is 12.7. The summed E-state index contributed by atoms with van der Waals surface area (Å²) in [6.45, 7) is 5.02. The van der Waals surface area contributed by atoms with Gasteiger partial charge in [-0.15, -0.1) is 5.10 Å². The fourth-order valence-corrected chi connectivity index (χ4v) is 3.36. The number of aliphatic hydroxyl groups excluding tert-OH is 1. The Kier molecular flexibility index (Phi) is 5.43. The minimum atomic E-state index is -0.478. The van der Waals surface area contributed by atoms with E-state index in [4.69, 9.17) is 0 Å². The Balaban J connectivity index is 1.67. The second-order valence-corrected chi connectivity index (χ2v) is 6.75. The molecule has 1 saturated heterocycles. The molecule has 1 aliphatic heterocycles. The van der Waals surface area contributed by atoms with E-state index in [9.17, 15) is 9.90 Å². The molecule has 25 heavy (non-hydrogen) atoms. The molecular weight excluding hydrogens is 318 g/mol. The molecule has 1 aliphatic rings. The number of rotatable bonds is 5. The van der Waals surface area contributed by atoms with Gasteiger partial charge in [0, 0.05) is 13.0 Å². The third-order valence-corrected chi connectivity index (χ3v) is 4.88. The molecule has 0 bridgehead atoms. The van der Waals surface area contributed by atoms with Crippen LogP contribution in [-0.4, -0.2) is 54.8 Å². The molecule has 0 radical (unpaired) electrons. The summed E-state index contributed by atoms with van der Waals surface area (Å²) in [5, 5.41) is 21.8. The first-order chi connectivity index (χ1) is 12.0. The number of aryl methyl sites for hydroxylation is 3. The second-order valence-electron chi connectivity index (χ2n) is 6.75. The summed E-state index contributed by atoms with van der Waals surface area (Å²) in [7, 11) is 0. The Labute approximate surface area is 147 Å². The zero-order chi connectivity index (χ0) is 17.8. The lowest BCUT2D eigenvalue weighted by molar-refractivity contribution is -0.139. The third kappa shape index (κ3) is 4.22. The van der Waals surface area contributed by atoms with Crippen molar-refractivity contribution in [2.24, 2.45) is 0 Å². The van der Waals surface area contributed by atoms with Crippen LogP contribution in [0.25, 0.3) is 0 Å². The summed E-state index contributed by atoms with van der Waals surface area (Å²) in [6.07, 6.45) is 2.11. The Morgan fingerprint density at radius 1 is 1.28 bits per heavy atom. The molecule has 0 saturated carbocycles. The van der Waals surface area contributed by atoms with E-state index in [-0.39, 0.29) is 11.9 Å². The van der Waals surface area contributed by atoms with Crippen molar-refractivity contribution in [3.63, 3.8) is 0 Å². The first-order valence-electron chi connectivity index (χ1n) is 8.80. The fourth-order valence-electron chi connectivity index (χ4n) is 3.36. The van der Waals surface area contributed by atoms with Gasteiger partial charge in [0.15, 0.2) is 0 Å². The zero-order valence-corrected chi connectivity index (χ0v) is 14.8. The minimum absolute atomic E-state index is 0.0470. The number of likely N-dealkylation sites (tertiary alicyclic amines) is 1. The highest BCUT2D eigenvalue weighted by molar-refractivity contribution is 5.76. The van der Waals surface area contributed by atoms with E-state index in [1.54, 1.807) is 4.68 Å². The van der Waals surface area contributed by atoms with Crippen molar-refractivity contribution >= 4 is 5.91 Å². The van der Waals surface area contributed by atoms with Gasteiger partial charge >= 0.3 is 0 Å². The average molecular weight is 343 g/mol. The summed E-state index contributed by atoms with van der Waals surface area (Å²) in [4.78, 5) is 14.6. The van der Waals surface area contributed by atoms with Crippen LogP contribution in [0.3, 0.4) is 0 Å². The highest BCUT2D eigenvalue weighted by Gasteiger charge is 2.33. The Morgan fingerprint density at radius 3 is 2.72 bits per heavy atom. The smallest absolute Gasteiger partial charge is 0.224 e. The highest BCUT2D eigenvalue weighted by atomic mass is 16.3. The fraction of sp³-hybridized carbons (Fsp3) is 0.556. The molecule has 2 aromatic rings. The van der Waals surface area contributed by atoms with E-state index in [2.05, 4.69) is 46.7 Å². The maximum atomic E-state index is 12.7. The van der Waals surface area contributed by atoms with Gasteiger partial charge in [0.2, 0.25) is 5.91 Å². The van der Waals surface area contributed by atoms with Crippen molar-refractivity contribution in [3.05, 3.63) is 41.2 Å². The van der Waals surface area contributed by atoms with Crippen LogP contribution in [0.5, 0.6) is 0 Å². The maximum Gasteiger partial charge on any atom is 0.224 e. The molecule has 2 atom stereocenters. The van der Waals surface area contributed by atoms with Crippen LogP contribution in [0, 0.1) is 13.8 Å². The average Bonchev–Trinajstić information content (AvgIpc) is 3.01. The van der Waals surface area contributed by atoms with E-state index in [0.29, 0.717) is 31.8 Å². The molecule has 3 rings (SSSR count). The molecule has 0 aliphatic carbocycles. The lowest BCUT2D eigenvalue weighted by Gasteiger charge is -2.39. The van der Waals surface area contributed by atoms with Crippen molar-refractivity contribution in [1.82, 2.24) is 25.1 Å². The molecule has 1 N–H and O–H groups in total. The van der Waals surface area contributed by atoms with Crippen molar-refractivity contribution in [2.75, 3.05) is 6.54 Å². The first kappa shape index (κ1) is 17.5. The number of carbonyl (C=O) groups excluding carboxylic acids is 1. The molecule has 7 heteroatoms. The number of benzene rings is 1. The van der Waals surface area contributed by atoms with Crippen LogP contribution in [0.2, 0.25) is 0 Å². The van der Waals surface area contributed by atoms with Gasteiger partial charge in [-0.3, -0.25) is 4.79 Å². The molecular formula is C18H25N5O2. The standard InChI is InChI=1S/C18H25N5O2/c1-13-5-7-15(8-6-13)12-16-17(24)4-3-10-22(16)18(25)9-11-23-14(2)19-20-21-23/h5-8,16-17,24H,3-4,9-12H2,1-2H3/t16-,17-/m0/s1. The summed E-state index contributed by atoms with van der Waals surface area (Å²) < 4.78 is 1.63. The number of hydrogen-bond acceptors (Lipinski definition) is 5. The number of aromatic nitrogens is 4. The Bertz CT molecular complexity index is 713. The van der Waals surface area contributed by atoms with E-state index in [1.807, 2.05) is 11.8 Å². The highest BCUT2D eigenvalue weighted by Crippen LogP contribution is 2.22. The Hall–Kier alpha value is -2.28. The number of amides is 1. The minimum Gasteiger partial charge on any atom is -0.391 e. The summed E-state index contributed by atoms with van der Waals surface area (Å²) in [5.74, 6) is 0.744. The molecule has 134 valence electrons. The van der Waals surface area contributed by atoms with E-state index in [0.717, 1.165) is 18.4 Å². The van der Waals surface area contributed by atoms with Gasteiger partial charge in [0.25, 0.3) is 0 Å². The molecule has 1 amide bonds. The van der Waals surface area contributed by atoms with Crippen molar-refractivity contribution in [2.45, 2.75) is 58.2 Å². The second kappa shape index (κ2) is 7.74. The van der Waals surface area contributed by atoms with Gasteiger partial charge in [0.05, 0.1) is 18.7 Å². The number of carbonyl (C=O) groups is 1. The summed E-state index contributed by atoms with van der Waals surface area (Å²) >= 11 is 0. The van der Waals surface area contributed by atoms with Crippen molar-refractivity contribution < 1.29 is 9.90 Å². The number of aliphatic hydroxyl groups is 1. The van der Waals surface area contributed by atoms with Gasteiger partial charge in [-0.2, -0.15) is 0 Å². The van der Waals surface area contributed by atoms with Crippen LogP contribution >= 0.6 is 0 Å². The van der Waals surface area contributed by atoms with Crippen molar-refractivity contribution in [3.8, 4) is 0 Å². The molecule has 1 aromatic carbocycles. The third-order valence-electron chi connectivity index (χ3n) is 4.88. The molecule has 0 unspecified atom stereocenters. The van der Waals surface area contributed by atoms with Crippen molar-refractivity contribution in [1.29, 1.82) is 0 Å². The molecule has 7 nitrogen and oxygen atoms in total. The van der Waals surface area contributed by atoms with Crippen LogP contribution in [0.1, 0.15) is 36.2 Å². The van der Waals surface area contributed by atoms with Crippen LogP contribution in [0.15, 0.2) is 24.3 Å². The van der Waals surface area contributed by atoms with Gasteiger partial charge in [0.1, 0.15) is 5.82 Å². The van der Waals surface area contributed by atoms with Crippen LogP contribution < -0.4 is 0 Å². The van der Waals surface area contributed by atoms with E-state index in [1.165, 1.54) is 5.56 Å². The molecule has 2 heterocycles. The molecule has 0 spiro atoms. The monoisotopic (exact) mass is 343 g/mol. The lowest BCUT2D eigenvalue weighted by atomic mass is 9.92. The zero-order valence-electron chi connectivity index (χ0n) is 14.8. The van der Waals surface area contributed by atoms with E-state index < -0.39 is 6.10 Å². The van der Waals surface area contributed by atoms with Gasteiger partial charge in [-0.1, -0.05) is 29.8 Å². The summed E-state index contributed by atoms with van der Waals surface area (Å²) in [5.41, 5.74) is 2.35. The number of hydrogen-bond donors (Lipinski definition) is 1. The molecule has 1 aromatic heterocycles. The number of tetrazole rings is 1. The normalized spacial score (nSPS) is 20.7. The van der Waals surface area contributed by atoms with Gasteiger partial charge in [-0.25, -0.2) is 4.68 Å². The van der Waals surface area contributed by atoms with Crippen LogP contribution in [0.4, 0.5) is 0 Å². The SMILES string of the molecule is Cc1ccc(C[C@H]2[C@@H](O)CCCN2C(=O)CCn2nnnc2C)cc1. The number of piperidine rings is 1. The summed E-state index contributed by atoms with van der Waals surface area (Å²) in [6, 6.07) is 8.11. The molecule has 1 fully saturated rings. The topological polar surface area (TPSA) is 84.1 Å². The van der Waals surface area contributed by atoms with Gasteiger partial charge < -0.3 is 10.0 Å². The predicted octanol–water partition coefficient (Wildman–Crippen LogP) is 1.27. The Morgan fingerprint density at radius 2 is 2.04 bits per heavy atom. The van der Waals surface area contributed by atoms with Crippen LogP contribution in [-0.2, 0) is 17.8 Å². The first-order valence-corrected chi connectivity index (χ1v) is 8.80. The lowest BCUT2D eigenvalue weighted by Crippen LogP contribution is -2.52. The van der Waals surface area contributed by atoms with Gasteiger partial charge in [-0.05, 0) is 49.1 Å². The number of nitrogens with zero attached hydrogens (tertiary/aromatic N) is 5. The van der Waals surface area contributed by atoms with E-state index >= 15 is 0 Å². The largest absolute Gasteiger partial charge is 0.391 e. The quantitative estimate of drug-likeness (QED) is 0.884.